The van der Waals surface area contributed by atoms with E-state index in [9.17, 15) is 0 Å². The van der Waals surface area contributed by atoms with Crippen molar-refractivity contribution in [2.75, 3.05) is 13.2 Å². The van der Waals surface area contributed by atoms with Crippen molar-refractivity contribution in [2.45, 2.75) is 13.5 Å². The van der Waals surface area contributed by atoms with Gasteiger partial charge in [0.25, 0.3) is 0 Å². The van der Waals surface area contributed by atoms with Crippen LogP contribution in [0.2, 0.25) is 5.02 Å². The minimum absolute atomic E-state index is 0.372. The van der Waals surface area contributed by atoms with E-state index in [0.717, 1.165) is 16.9 Å². The van der Waals surface area contributed by atoms with Gasteiger partial charge in [0, 0.05) is 12.5 Å². The second-order valence-corrected chi connectivity index (χ2v) is 5.96. The van der Waals surface area contributed by atoms with Crippen LogP contribution in [0.5, 0.6) is 17.2 Å². The van der Waals surface area contributed by atoms with Gasteiger partial charge in [-0.3, -0.25) is 0 Å². The summed E-state index contributed by atoms with van der Waals surface area (Å²) in [5.41, 5.74) is 1.78. The van der Waals surface area contributed by atoms with Crippen LogP contribution in [0, 0.1) is 6.92 Å². The molecule has 2 aromatic carbocycles. The quantitative estimate of drug-likeness (QED) is 0.701. The maximum atomic E-state index is 6.24. The van der Waals surface area contributed by atoms with Gasteiger partial charge in [-0.15, -0.1) is 0 Å². The van der Waals surface area contributed by atoms with Gasteiger partial charge in [-0.2, -0.15) is 4.98 Å². The molecule has 0 aliphatic carbocycles. The zero-order chi connectivity index (χ0) is 17.2. The molecule has 6 nitrogen and oxygen atoms in total. The number of aryl methyl sites for hydroxylation is 1. The number of nitrogens with zero attached hydrogens (tertiary/aromatic N) is 2. The van der Waals surface area contributed by atoms with E-state index < -0.39 is 0 Å². The van der Waals surface area contributed by atoms with Crippen LogP contribution in [0.25, 0.3) is 11.4 Å². The minimum atomic E-state index is 0.372. The Morgan fingerprint density at radius 1 is 1.12 bits per heavy atom. The summed E-state index contributed by atoms with van der Waals surface area (Å²) in [6.45, 7) is 3.16. The van der Waals surface area contributed by atoms with Crippen LogP contribution in [0.15, 0.2) is 40.9 Å². The van der Waals surface area contributed by atoms with Gasteiger partial charge in [-0.1, -0.05) is 16.8 Å². The van der Waals surface area contributed by atoms with Gasteiger partial charge in [0.2, 0.25) is 11.7 Å². The highest BCUT2D eigenvalue weighted by atomic mass is 35.5. The molecular weight excluding hydrogens is 344 g/mol. The van der Waals surface area contributed by atoms with Gasteiger partial charge in [0.05, 0.1) is 5.02 Å². The van der Waals surface area contributed by atoms with Crippen LogP contribution in [0.1, 0.15) is 11.5 Å². The van der Waals surface area contributed by atoms with Gasteiger partial charge < -0.3 is 18.7 Å². The summed E-state index contributed by atoms with van der Waals surface area (Å²) in [5, 5.41) is 4.42. The SMILES string of the molecule is Cc1nc(-c2ccc(OCc3cc(Cl)c4c(c3)OCCO4)cc2)no1. The third-order valence-corrected chi connectivity index (χ3v) is 3.98. The standard InChI is InChI=1S/C18H15ClN2O4/c1-11-20-18(21-25-11)13-2-4-14(5-3-13)24-10-12-8-15(19)17-16(9-12)22-6-7-23-17/h2-5,8-9H,6-7,10H2,1H3. The Morgan fingerprint density at radius 3 is 2.68 bits per heavy atom. The summed E-state index contributed by atoms with van der Waals surface area (Å²) in [6, 6.07) is 11.2. The van der Waals surface area contributed by atoms with Crippen LogP contribution in [0.3, 0.4) is 0 Å². The molecule has 1 aliphatic heterocycles. The molecule has 7 heteroatoms. The lowest BCUT2D eigenvalue weighted by Gasteiger charge is -2.20. The zero-order valence-electron chi connectivity index (χ0n) is 13.5. The molecule has 0 saturated heterocycles. The Balaban J connectivity index is 1.45. The molecule has 0 spiro atoms. The molecule has 0 unspecified atom stereocenters. The van der Waals surface area contributed by atoms with Crippen LogP contribution < -0.4 is 14.2 Å². The summed E-state index contributed by atoms with van der Waals surface area (Å²) in [4.78, 5) is 4.20. The molecule has 0 amide bonds. The van der Waals surface area contributed by atoms with Crippen molar-refractivity contribution in [3.63, 3.8) is 0 Å². The van der Waals surface area contributed by atoms with E-state index >= 15 is 0 Å². The van der Waals surface area contributed by atoms with E-state index in [2.05, 4.69) is 10.1 Å². The van der Waals surface area contributed by atoms with Crippen molar-refractivity contribution >= 4 is 11.6 Å². The van der Waals surface area contributed by atoms with E-state index in [-0.39, 0.29) is 0 Å². The van der Waals surface area contributed by atoms with Crippen LogP contribution in [0.4, 0.5) is 0 Å². The van der Waals surface area contributed by atoms with E-state index in [4.69, 9.17) is 30.3 Å². The minimum Gasteiger partial charge on any atom is -0.489 e. The molecule has 0 bridgehead atoms. The van der Waals surface area contributed by atoms with Crippen molar-refractivity contribution in [3.8, 4) is 28.6 Å². The number of ether oxygens (including phenoxy) is 3. The van der Waals surface area contributed by atoms with Crippen LogP contribution in [-0.4, -0.2) is 23.4 Å². The van der Waals surface area contributed by atoms with Crippen molar-refractivity contribution < 1.29 is 18.7 Å². The average molecular weight is 359 g/mol. The summed E-state index contributed by atoms with van der Waals surface area (Å²) >= 11 is 6.24. The molecule has 4 rings (SSSR count). The third-order valence-electron chi connectivity index (χ3n) is 3.70. The summed E-state index contributed by atoms with van der Waals surface area (Å²) in [5.74, 6) is 3.07. The molecular formula is C18H15ClN2O4. The highest BCUT2D eigenvalue weighted by Crippen LogP contribution is 2.38. The molecule has 0 saturated carbocycles. The molecule has 128 valence electrons. The Bertz CT molecular complexity index is 893. The van der Waals surface area contributed by atoms with Crippen molar-refractivity contribution in [1.82, 2.24) is 10.1 Å². The maximum absolute atomic E-state index is 6.24. The smallest absolute Gasteiger partial charge is 0.223 e. The van der Waals surface area contributed by atoms with E-state index in [1.54, 1.807) is 6.92 Å². The normalized spacial score (nSPS) is 12.9. The number of hydrogen-bond donors (Lipinski definition) is 0. The molecule has 25 heavy (non-hydrogen) atoms. The third kappa shape index (κ3) is 3.39. The zero-order valence-corrected chi connectivity index (χ0v) is 14.2. The molecule has 0 atom stereocenters. The fraction of sp³-hybridized carbons (Fsp3) is 0.222. The van der Waals surface area contributed by atoms with Gasteiger partial charge in [0.1, 0.15) is 25.6 Å². The van der Waals surface area contributed by atoms with Gasteiger partial charge in [-0.25, -0.2) is 0 Å². The first kappa shape index (κ1) is 15.8. The van der Waals surface area contributed by atoms with E-state index in [1.807, 2.05) is 36.4 Å². The predicted octanol–water partition coefficient (Wildman–Crippen LogP) is 4.05. The first-order valence-corrected chi connectivity index (χ1v) is 8.18. The number of aromatic nitrogens is 2. The monoisotopic (exact) mass is 358 g/mol. The molecule has 1 aliphatic rings. The summed E-state index contributed by atoms with van der Waals surface area (Å²) in [6.07, 6.45) is 0. The lowest BCUT2D eigenvalue weighted by molar-refractivity contribution is 0.171. The number of halogens is 1. The average Bonchev–Trinajstić information content (AvgIpc) is 3.07. The van der Waals surface area contributed by atoms with Gasteiger partial charge in [0.15, 0.2) is 11.5 Å². The highest BCUT2D eigenvalue weighted by Gasteiger charge is 2.16. The first-order chi connectivity index (χ1) is 12.2. The topological polar surface area (TPSA) is 66.6 Å². The van der Waals surface area contributed by atoms with Gasteiger partial charge >= 0.3 is 0 Å². The van der Waals surface area contributed by atoms with Crippen LogP contribution >= 0.6 is 11.6 Å². The molecule has 2 heterocycles. The highest BCUT2D eigenvalue weighted by molar-refractivity contribution is 6.32. The Labute approximate surface area is 149 Å². The fourth-order valence-corrected chi connectivity index (χ4v) is 2.82. The van der Waals surface area contributed by atoms with Crippen molar-refractivity contribution in [3.05, 3.63) is 52.9 Å². The molecule has 3 aromatic rings. The largest absolute Gasteiger partial charge is 0.489 e. The second kappa shape index (κ2) is 6.64. The fourth-order valence-electron chi connectivity index (χ4n) is 2.53. The number of rotatable bonds is 4. The molecule has 1 aromatic heterocycles. The summed E-state index contributed by atoms with van der Waals surface area (Å²) in [7, 11) is 0. The lowest BCUT2D eigenvalue weighted by atomic mass is 10.2. The molecule has 0 fully saturated rings. The second-order valence-electron chi connectivity index (χ2n) is 5.55. The lowest BCUT2D eigenvalue weighted by Crippen LogP contribution is -2.16. The van der Waals surface area contributed by atoms with Crippen molar-refractivity contribution in [2.24, 2.45) is 0 Å². The predicted molar refractivity (Wildman–Crippen MR) is 91.2 cm³/mol. The van der Waals surface area contributed by atoms with Gasteiger partial charge in [-0.05, 0) is 42.0 Å². The van der Waals surface area contributed by atoms with Crippen LogP contribution in [-0.2, 0) is 6.61 Å². The number of benzene rings is 2. The number of hydrogen-bond acceptors (Lipinski definition) is 6. The van der Waals surface area contributed by atoms with E-state index in [1.165, 1.54) is 0 Å². The molecule has 0 N–H and O–H groups in total. The van der Waals surface area contributed by atoms with Crippen molar-refractivity contribution in [1.29, 1.82) is 0 Å². The maximum Gasteiger partial charge on any atom is 0.223 e. The van der Waals surface area contributed by atoms with E-state index in [0.29, 0.717) is 48.1 Å². The Kier molecular flexibility index (Phi) is 4.19. The Morgan fingerprint density at radius 2 is 1.92 bits per heavy atom. The summed E-state index contributed by atoms with van der Waals surface area (Å²) < 4.78 is 21.9. The Hall–Kier alpha value is -2.73. The first-order valence-electron chi connectivity index (χ1n) is 7.80. The number of fused-ring (bicyclic) bond motifs is 1. The molecule has 0 radical (unpaired) electrons.